The van der Waals surface area contributed by atoms with Gasteiger partial charge in [0.05, 0.1) is 16.8 Å². The van der Waals surface area contributed by atoms with Crippen LogP contribution in [0.2, 0.25) is 0 Å². The fraction of sp³-hybridized carbons (Fsp3) is 0. The van der Waals surface area contributed by atoms with Crippen molar-refractivity contribution in [1.29, 1.82) is 0 Å². The lowest BCUT2D eigenvalue weighted by molar-refractivity contribution is 0.0924. The molecule has 0 saturated carbocycles. The van der Waals surface area contributed by atoms with Crippen molar-refractivity contribution in [2.45, 2.75) is 0 Å². The number of imide groups is 1. The maximum Gasteiger partial charge on any atom is 0.266 e. The molecule has 1 heterocycles. The Bertz CT molecular complexity index is 1220. The molecule has 0 radical (unpaired) electrons. The van der Waals surface area contributed by atoms with Gasteiger partial charge in [-0.15, -0.1) is 0 Å². The maximum atomic E-state index is 12.9. The van der Waals surface area contributed by atoms with Crippen LogP contribution in [0.15, 0.2) is 66.7 Å². The summed E-state index contributed by atoms with van der Waals surface area (Å²) in [4.78, 5) is 39.2. The number of anilines is 4. The summed E-state index contributed by atoms with van der Waals surface area (Å²) >= 11 is 5.17. The van der Waals surface area contributed by atoms with Gasteiger partial charge in [0, 0.05) is 22.6 Å². The van der Waals surface area contributed by atoms with Gasteiger partial charge in [-0.3, -0.25) is 19.7 Å². The lowest BCUT2D eigenvalue weighted by Crippen LogP contribution is -2.34. The van der Waals surface area contributed by atoms with Crippen LogP contribution in [0.4, 0.5) is 22.7 Å². The van der Waals surface area contributed by atoms with Crippen molar-refractivity contribution in [1.82, 2.24) is 5.32 Å². The molecule has 0 spiro atoms. The summed E-state index contributed by atoms with van der Waals surface area (Å²) in [5.41, 5.74) is 14.1. The first kappa shape index (κ1) is 20.0. The molecule has 0 aliphatic carbocycles. The highest BCUT2D eigenvalue weighted by Crippen LogP contribution is 2.29. The summed E-state index contributed by atoms with van der Waals surface area (Å²) in [6, 6.07) is 17.5. The van der Waals surface area contributed by atoms with E-state index in [-0.39, 0.29) is 21.8 Å². The van der Waals surface area contributed by atoms with Gasteiger partial charge in [0.2, 0.25) is 0 Å². The summed E-state index contributed by atoms with van der Waals surface area (Å²) in [7, 11) is 0. The highest BCUT2D eigenvalue weighted by molar-refractivity contribution is 7.80. The Hall–Kier alpha value is -4.24. The normalized spacial score (nSPS) is 12.5. The van der Waals surface area contributed by atoms with Gasteiger partial charge in [0.25, 0.3) is 17.7 Å². The number of hydrogen-bond acceptors (Lipinski definition) is 6. The summed E-state index contributed by atoms with van der Waals surface area (Å²) in [6.45, 7) is 0. The topological polar surface area (TPSA) is 131 Å². The molecule has 6 N–H and O–H groups in total. The zero-order chi connectivity index (χ0) is 22.1. The second kappa shape index (κ2) is 7.88. The predicted octanol–water partition coefficient (Wildman–Crippen LogP) is 2.78. The minimum absolute atomic E-state index is 0.0844. The molecular formula is C22H17N5O3S. The largest absolute Gasteiger partial charge is 0.399 e. The third kappa shape index (κ3) is 3.94. The van der Waals surface area contributed by atoms with E-state index in [9.17, 15) is 14.4 Å². The van der Waals surface area contributed by atoms with E-state index < -0.39 is 17.7 Å². The number of carbonyl (C=O) groups excluding carboxylic acids is 3. The molecule has 0 fully saturated rings. The molecule has 0 saturated heterocycles. The molecule has 3 amide bonds. The number of rotatable bonds is 3. The van der Waals surface area contributed by atoms with Crippen molar-refractivity contribution in [2.75, 3.05) is 21.7 Å². The Morgan fingerprint density at radius 3 is 2.03 bits per heavy atom. The second-order valence-electron chi connectivity index (χ2n) is 6.83. The van der Waals surface area contributed by atoms with Crippen LogP contribution in [0.3, 0.4) is 0 Å². The molecule has 0 unspecified atom stereocenters. The molecule has 1 aliphatic rings. The molecule has 3 aromatic carbocycles. The standard InChI is InChI=1S/C22H17N5O3S/c23-13-2-6-15(7-3-13)25-22(31)26-19(28)12-1-10-17-18(11-12)21(30)27(20(17)29)16-8-4-14(24)5-9-16/h1-11H,23-24H2,(H2,25,26,28,31). The summed E-state index contributed by atoms with van der Waals surface area (Å²) < 4.78 is 0. The van der Waals surface area contributed by atoms with Crippen LogP contribution in [0, 0.1) is 0 Å². The van der Waals surface area contributed by atoms with Crippen LogP contribution in [-0.2, 0) is 0 Å². The van der Waals surface area contributed by atoms with Gasteiger partial charge in [-0.05, 0) is 78.9 Å². The third-order valence-corrected chi connectivity index (χ3v) is 4.90. The fourth-order valence-electron chi connectivity index (χ4n) is 3.14. The minimum Gasteiger partial charge on any atom is -0.399 e. The Kier molecular flexibility index (Phi) is 5.10. The van der Waals surface area contributed by atoms with E-state index >= 15 is 0 Å². The first-order valence-electron chi connectivity index (χ1n) is 9.20. The Labute approximate surface area is 182 Å². The average Bonchev–Trinajstić information content (AvgIpc) is 3.00. The van der Waals surface area contributed by atoms with Gasteiger partial charge in [-0.2, -0.15) is 0 Å². The number of nitrogens with zero attached hydrogens (tertiary/aromatic N) is 1. The fourth-order valence-corrected chi connectivity index (χ4v) is 3.35. The molecule has 154 valence electrons. The molecule has 8 nitrogen and oxygen atoms in total. The summed E-state index contributed by atoms with van der Waals surface area (Å²) in [5, 5.41) is 5.51. The van der Waals surface area contributed by atoms with Crippen LogP contribution in [0.5, 0.6) is 0 Å². The van der Waals surface area contributed by atoms with E-state index in [4.69, 9.17) is 23.7 Å². The molecule has 31 heavy (non-hydrogen) atoms. The molecule has 9 heteroatoms. The van der Waals surface area contributed by atoms with Crippen LogP contribution >= 0.6 is 12.2 Å². The van der Waals surface area contributed by atoms with E-state index in [0.29, 0.717) is 22.7 Å². The number of amides is 3. The van der Waals surface area contributed by atoms with Gasteiger partial charge in [-0.1, -0.05) is 0 Å². The number of nitrogens with two attached hydrogens (primary N) is 2. The van der Waals surface area contributed by atoms with Crippen LogP contribution < -0.4 is 27.0 Å². The highest BCUT2D eigenvalue weighted by atomic mass is 32.1. The molecule has 0 aromatic heterocycles. The van der Waals surface area contributed by atoms with Crippen molar-refractivity contribution < 1.29 is 14.4 Å². The first-order valence-corrected chi connectivity index (χ1v) is 9.60. The van der Waals surface area contributed by atoms with Gasteiger partial charge in [0.1, 0.15) is 0 Å². The van der Waals surface area contributed by atoms with E-state index in [1.807, 2.05) is 0 Å². The molecular weight excluding hydrogens is 414 g/mol. The number of nitrogens with one attached hydrogen (secondary N) is 2. The van der Waals surface area contributed by atoms with Crippen molar-refractivity contribution in [3.8, 4) is 0 Å². The van der Waals surface area contributed by atoms with Crippen molar-refractivity contribution in [2.24, 2.45) is 0 Å². The van der Waals surface area contributed by atoms with Crippen LogP contribution in [0.1, 0.15) is 31.1 Å². The van der Waals surface area contributed by atoms with Gasteiger partial charge in [-0.25, -0.2) is 4.90 Å². The molecule has 4 rings (SSSR count). The quantitative estimate of drug-likeness (QED) is 0.285. The number of carbonyl (C=O) groups is 3. The Balaban J connectivity index is 1.51. The number of thiocarbonyl (C=S) groups is 1. The zero-order valence-corrected chi connectivity index (χ0v) is 16.9. The zero-order valence-electron chi connectivity index (χ0n) is 16.1. The third-order valence-electron chi connectivity index (χ3n) is 4.70. The second-order valence-corrected chi connectivity index (χ2v) is 7.24. The summed E-state index contributed by atoms with van der Waals surface area (Å²) in [6.07, 6.45) is 0. The monoisotopic (exact) mass is 431 g/mol. The lowest BCUT2D eigenvalue weighted by atomic mass is 10.1. The van der Waals surface area contributed by atoms with Crippen molar-refractivity contribution in [3.63, 3.8) is 0 Å². The lowest BCUT2D eigenvalue weighted by Gasteiger charge is -2.13. The number of nitrogen functional groups attached to an aromatic ring is 2. The maximum absolute atomic E-state index is 12.9. The SMILES string of the molecule is Nc1ccc(NC(=S)NC(=O)c2ccc3c(c2)C(=O)N(c2ccc(N)cc2)C3=O)cc1. The predicted molar refractivity (Wildman–Crippen MR) is 123 cm³/mol. The molecule has 3 aromatic rings. The van der Waals surface area contributed by atoms with Gasteiger partial charge < -0.3 is 16.8 Å². The van der Waals surface area contributed by atoms with E-state index in [1.165, 1.54) is 18.2 Å². The van der Waals surface area contributed by atoms with E-state index in [0.717, 1.165) is 4.90 Å². The highest BCUT2D eigenvalue weighted by Gasteiger charge is 2.37. The number of benzene rings is 3. The van der Waals surface area contributed by atoms with Gasteiger partial charge in [0.15, 0.2) is 5.11 Å². The van der Waals surface area contributed by atoms with Gasteiger partial charge >= 0.3 is 0 Å². The van der Waals surface area contributed by atoms with Crippen LogP contribution in [-0.4, -0.2) is 22.8 Å². The van der Waals surface area contributed by atoms with Crippen LogP contribution in [0.25, 0.3) is 0 Å². The average molecular weight is 431 g/mol. The van der Waals surface area contributed by atoms with E-state index in [2.05, 4.69) is 10.6 Å². The molecule has 0 atom stereocenters. The molecule has 1 aliphatic heterocycles. The van der Waals surface area contributed by atoms with E-state index in [1.54, 1.807) is 48.5 Å². The summed E-state index contributed by atoms with van der Waals surface area (Å²) in [5.74, 6) is -1.49. The van der Waals surface area contributed by atoms with Crippen molar-refractivity contribution >= 4 is 57.8 Å². The Morgan fingerprint density at radius 1 is 0.806 bits per heavy atom. The number of hydrogen-bond donors (Lipinski definition) is 4. The van der Waals surface area contributed by atoms with Crippen molar-refractivity contribution in [3.05, 3.63) is 83.4 Å². The number of fused-ring (bicyclic) bond motifs is 1. The Morgan fingerprint density at radius 2 is 1.39 bits per heavy atom. The molecule has 0 bridgehead atoms. The minimum atomic E-state index is -0.512. The first-order chi connectivity index (χ1) is 14.8. The smallest absolute Gasteiger partial charge is 0.266 e.